The summed E-state index contributed by atoms with van der Waals surface area (Å²) in [4.78, 5) is 0. The molecule has 0 atom stereocenters. The second-order valence-corrected chi connectivity index (χ2v) is 11.5. The molecule has 10 aromatic rings. The molecule has 0 spiro atoms. The highest BCUT2D eigenvalue weighted by molar-refractivity contribution is 6.21. The van der Waals surface area contributed by atoms with E-state index in [1.54, 1.807) is 18.2 Å². The molecule has 9 aromatic carbocycles. The monoisotopic (exact) mass is 639 g/mol. The van der Waals surface area contributed by atoms with Gasteiger partial charge in [0.25, 0.3) is 0 Å². The van der Waals surface area contributed by atoms with E-state index in [1.807, 2.05) is 54.6 Å². The molecule has 1 heteroatoms. The summed E-state index contributed by atoms with van der Waals surface area (Å²) in [5, 5.41) is 1.37. The van der Waals surface area contributed by atoms with Crippen molar-refractivity contribution in [3.8, 4) is 44.5 Å². The fourth-order valence-corrected chi connectivity index (χ4v) is 6.71. The second-order valence-electron chi connectivity index (χ2n) is 11.5. The minimum Gasteiger partial charge on any atom is -0.455 e. The normalized spacial score (nSPS) is 16.5. The van der Waals surface area contributed by atoms with E-state index < -0.39 is 147 Å². The lowest BCUT2D eigenvalue weighted by Crippen LogP contribution is -1.90. The van der Waals surface area contributed by atoms with Gasteiger partial charge in [0.2, 0.25) is 0 Å². The Morgan fingerprint density at radius 1 is 0.388 bits per heavy atom. The molecule has 228 valence electrons. The van der Waals surface area contributed by atoms with Crippen molar-refractivity contribution in [3.05, 3.63) is 182 Å². The molecule has 10 rings (SSSR count). The van der Waals surface area contributed by atoms with Gasteiger partial charge in [-0.1, -0.05) is 169 Å². The number of rotatable bonds is 4. The van der Waals surface area contributed by atoms with E-state index >= 15 is 0 Å². The lowest BCUT2D eigenvalue weighted by atomic mass is 9.85. The third-order valence-corrected chi connectivity index (χ3v) is 8.85. The summed E-state index contributed by atoms with van der Waals surface area (Å²) < 4.78 is 160. The zero-order valence-electron chi connectivity index (χ0n) is 42.4. The molecule has 49 heavy (non-hydrogen) atoms. The Kier molecular flexibility index (Phi) is 3.54. The van der Waals surface area contributed by atoms with Gasteiger partial charge in [0.05, 0.1) is 23.3 Å². The third kappa shape index (κ3) is 4.40. The Balaban J connectivity index is 1.33. The maximum Gasteiger partial charge on any atom is 0.143 e. The number of fused-ring (bicyclic) bond motifs is 6. The van der Waals surface area contributed by atoms with Crippen molar-refractivity contribution in [2.75, 3.05) is 0 Å². The molecule has 0 unspecified atom stereocenters. The van der Waals surface area contributed by atoms with E-state index in [0.29, 0.717) is 11.0 Å². The van der Waals surface area contributed by atoms with Crippen LogP contribution < -0.4 is 0 Å². The van der Waals surface area contributed by atoms with Crippen molar-refractivity contribution in [3.63, 3.8) is 0 Å². The van der Waals surface area contributed by atoms with Crippen LogP contribution in [0.1, 0.15) is 23.3 Å². The van der Waals surface area contributed by atoms with Crippen molar-refractivity contribution in [2.45, 2.75) is 0 Å². The zero-order valence-corrected chi connectivity index (χ0v) is 25.4. The topological polar surface area (TPSA) is 13.1 Å². The predicted octanol–water partition coefficient (Wildman–Crippen LogP) is 13.7. The van der Waals surface area contributed by atoms with Gasteiger partial charge < -0.3 is 4.42 Å². The van der Waals surface area contributed by atoms with Crippen molar-refractivity contribution < 1.29 is 27.7 Å². The van der Waals surface area contributed by atoms with Gasteiger partial charge in [-0.25, -0.2) is 0 Å². The van der Waals surface area contributed by atoms with E-state index in [9.17, 15) is 11.0 Å². The minimum absolute atomic E-state index is 0.182. The average molecular weight is 640 g/mol. The van der Waals surface area contributed by atoms with Crippen LogP contribution in [0.3, 0.4) is 0 Å². The molecule has 0 saturated heterocycles. The average Bonchev–Trinajstić information content (AvgIpc) is 3.71. The van der Waals surface area contributed by atoms with Crippen molar-refractivity contribution in [2.24, 2.45) is 0 Å². The van der Waals surface area contributed by atoms with Gasteiger partial charge >= 0.3 is 0 Å². The highest BCUT2D eigenvalue weighted by atomic mass is 16.3. The summed E-state index contributed by atoms with van der Waals surface area (Å²) in [6.07, 6.45) is 0. The third-order valence-electron chi connectivity index (χ3n) is 8.85. The maximum absolute atomic E-state index is 9.61. The van der Waals surface area contributed by atoms with Gasteiger partial charge in [0.15, 0.2) is 0 Å². The van der Waals surface area contributed by atoms with Crippen LogP contribution in [0.15, 0.2) is 186 Å². The van der Waals surface area contributed by atoms with E-state index in [1.165, 1.54) is 0 Å². The van der Waals surface area contributed by atoms with E-state index in [0.717, 1.165) is 27.3 Å². The molecule has 1 heterocycles. The molecule has 0 saturated carbocycles. The first kappa shape index (κ1) is 15.6. The Labute approximate surface area is 308 Å². The Bertz CT molecular complexity index is 3720. The Morgan fingerprint density at radius 3 is 1.65 bits per heavy atom. The molecule has 0 aliphatic heterocycles. The number of hydrogen-bond acceptors (Lipinski definition) is 1. The molecule has 0 bridgehead atoms. The number of hydrogen-bond donors (Lipinski definition) is 0. The zero-order chi connectivity index (χ0) is 47.1. The molecule has 1 nitrogen and oxygen atoms in total. The van der Waals surface area contributed by atoms with Crippen LogP contribution in [-0.2, 0) is 0 Å². The smallest absolute Gasteiger partial charge is 0.143 e. The molecule has 0 fully saturated rings. The second kappa shape index (κ2) is 11.1. The standard InChI is InChI=1S/C48H30O/c1-2-13-33(14-3-1)45-39-16-6-8-18-41(39)46(42-19-9-7-17-40(42)45)34-27-25-32(26-28-34)38-21-10-22-43-47-37(20-11-23-44(47)49-48(38)43)36-29-24-31-12-4-5-15-35(31)30-36/h1-30H/i1D,2D,3D,6D,7D,8D,9D,13D,14D,16D,17D,18D,19D,25D,26D,27D,28D. The largest absolute Gasteiger partial charge is 0.455 e. The van der Waals surface area contributed by atoms with Crippen LogP contribution in [0.5, 0.6) is 0 Å². The number of para-hydroxylation sites is 1. The first-order valence-electron chi connectivity index (χ1n) is 24.0. The molecular weight excluding hydrogens is 593 g/mol. The minimum atomic E-state index is -0.829. The van der Waals surface area contributed by atoms with Crippen molar-refractivity contribution in [1.29, 1.82) is 0 Å². The lowest BCUT2D eigenvalue weighted by Gasteiger charge is -2.18. The lowest BCUT2D eigenvalue weighted by molar-refractivity contribution is 0.670. The van der Waals surface area contributed by atoms with Gasteiger partial charge in [0.1, 0.15) is 11.2 Å². The summed E-state index contributed by atoms with van der Waals surface area (Å²) in [5.41, 5.74) is 0.333. The molecule has 0 radical (unpaired) electrons. The molecular formula is C48H30O. The summed E-state index contributed by atoms with van der Waals surface area (Å²) in [6, 6.07) is 11.5. The predicted molar refractivity (Wildman–Crippen MR) is 208 cm³/mol. The quantitative estimate of drug-likeness (QED) is 0.175. The summed E-state index contributed by atoms with van der Waals surface area (Å²) >= 11 is 0. The SMILES string of the molecule is [2H]c1c([2H])c([2H])c(-c2c3c([2H])c([2H])c([2H])c([2H])c3c(-c3c([2H])c([2H])c(-c4cccc5c4oc4cccc(-c6ccc7ccccc7c6)c45)c([2H])c3[2H])c3c([2H])c([2H])c([2H])c([2H])c23)c([2H])c1[2H]. The molecule has 0 aliphatic rings. The van der Waals surface area contributed by atoms with Crippen LogP contribution in [0.25, 0.3) is 98.8 Å². The summed E-state index contributed by atoms with van der Waals surface area (Å²) in [6.45, 7) is 0. The summed E-state index contributed by atoms with van der Waals surface area (Å²) in [5.74, 6) is 0. The first-order valence-corrected chi connectivity index (χ1v) is 15.5. The van der Waals surface area contributed by atoms with Gasteiger partial charge in [0, 0.05) is 16.3 Å². The molecule has 1 aromatic heterocycles. The van der Waals surface area contributed by atoms with E-state index in [4.69, 9.17) is 16.8 Å². The van der Waals surface area contributed by atoms with Gasteiger partial charge in [-0.2, -0.15) is 0 Å². The number of furan rings is 1. The van der Waals surface area contributed by atoms with Crippen LogP contribution >= 0.6 is 0 Å². The highest BCUT2D eigenvalue weighted by Gasteiger charge is 2.18. The van der Waals surface area contributed by atoms with Crippen LogP contribution in [0.2, 0.25) is 0 Å². The van der Waals surface area contributed by atoms with Crippen LogP contribution in [0.4, 0.5) is 0 Å². The molecule has 0 N–H and O–H groups in total. The van der Waals surface area contributed by atoms with E-state index in [-0.39, 0.29) is 16.7 Å². The Morgan fingerprint density at radius 2 is 0.959 bits per heavy atom. The summed E-state index contributed by atoms with van der Waals surface area (Å²) in [7, 11) is 0. The number of benzene rings is 9. The maximum atomic E-state index is 9.61. The van der Waals surface area contributed by atoms with Crippen molar-refractivity contribution in [1.82, 2.24) is 0 Å². The highest BCUT2D eigenvalue weighted by Crippen LogP contribution is 2.45. The molecule has 0 aliphatic carbocycles. The van der Waals surface area contributed by atoms with E-state index in [2.05, 4.69) is 6.07 Å². The van der Waals surface area contributed by atoms with Gasteiger partial charge in [-0.05, 0) is 83.4 Å². The van der Waals surface area contributed by atoms with Crippen LogP contribution in [-0.4, -0.2) is 0 Å². The molecule has 0 amide bonds. The van der Waals surface area contributed by atoms with Gasteiger partial charge in [-0.3, -0.25) is 0 Å². The Hall–Kier alpha value is -6.44. The van der Waals surface area contributed by atoms with Crippen molar-refractivity contribution >= 4 is 54.3 Å². The van der Waals surface area contributed by atoms with Gasteiger partial charge in [-0.15, -0.1) is 0 Å². The van der Waals surface area contributed by atoms with Crippen LogP contribution in [0, 0.1) is 0 Å². The fourth-order valence-electron chi connectivity index (χ4n) is 6.71. The fraction of sp³-hybridized carbons (Fsp3) is 0. The first-order chi connectivity index (χ1) is 31.4.